The average Bonchev–Trinajstić information content (AvgIpc) is 2.99. The zero-order chi connectivity index (χ0) is 31.4. The van der Waals surface area contributed by atoms with Gasteiger partial charge in [-0.05, 0) is 73.1 Å². The predicted molar refractivity (Wildman–Crippen MR) is 180 cm³/mol. The second kappa shape index (κ2) is 13.6. The van der Waals surface area contributed by atoms with E-state index >= 15 is 0 Å². The molecule has 3 heterocycles. The number of sulfone groups is 1. The SMILES string of the molecule is CCCc1cc(Nc2ncc(Br)c(Nc3ccc4nccnc4c3CS(C)(=O)=O)n2)c(OC)cc1N1CCC(N(C)C)CC1. The molecule has 1 aliphatic rings. The Morgan fingerprint density at radius 1 is 1.07 bits per heavy atom. The van der Waals surface area contributed by atoms with Gasteiger partial charge in [-0.1, -0.05) is 13.3 Å². The Balaban J connectivity index is 1.45. The minimum atomic E-state index is -3.36. The van der Waals surface area contributed by atoms with Gasteiger partial charge in [0.1, 0.15) is 11.6 Å². The molecule has 0 unspecified atom stereocenters. The number of anilines is 5. The molecule has 44 heavy (non-hydrogen) atoms. The van der Waals surface area contributed by atoms with Crippen LogP contribution in [0.2, 0.25) is 0 Å². The van der Waals surface area contributed by atoms with Crippen molar-refractivity contribution in [2.45, 2.75) is 44.4 Å². The first-order valence-corrected chi connectivity index (χ1v) is 17.5. The Labute approximate surface area is 267 Å². The Hall–Kier alpha value is -3.55. The number of nitrogens with zero attached hydrogens (tertiary/aromatic N) is 6. The van der Waals surface area contributed by atoms with Gasteiger partial charge in [0.05, 0.1) is 34.1 Å². The molecule has 13 heteroatoms. The van der Waals surface area contributed by atoms with Gasteiger partial charge in [-0.2, -0.15) is 4.98 Å². The Bertz CT molecular complexity index is 1740. The second-order valence-corrected chi connectivity index (χ2v) is 14.3. The molecule has 4 aromatic rings. The highest BCUT2D eigenvalue weighted by atomic mass is 79.9. The highest BCUT2D eigenvalue weighted by Crippen LogP contribution is 2.38. The lowest BCUT2D eigenvalue weighted by molar-refractivity contribution is 0.249. The number of hydrogen-bond donors (Lipinski definition) is 2. The Kier molecular flexibility index (Phi) is 9.86. The molecule has 0 saturated carbocycles. The van der Waals surface area contributed by atoms with E-state index in [1.54, 1.807) is 37.8 Å². The van der Waals surface area contributed by atoms with E-state index in [-0.39, 0.29) is 5.75 Å². The monoisotopic (exact) mass is 682 g/mol. The first-order valence-electron chi connectivity index (χ1n) is 14.7. The highest BCUT2D eigenvalue weighted by molar-refractivity contribution is 9.10. The van der Waals surface area contributed by atoms with E-state index in [9.17, 15) is 8.42 Å². The summed E-state index contributed by atoms with van der Waals surface area (Å²) < 4.78 is 31.1. The van der Waals surface area contributed by atoms with Crippen LogP contribution in [0.5, 0.6) is 5.75 Å². The Morgan fingerprint density at radius 3 is 2.50 bits per heavy atom. The Morgan fingerprint density at radius 2 is 1.82 bits per heavy atom. The van der Waals surface area contributed by atoms with Crippen LogP contribution in [-0.4, -0.2) is 79.8 Å². The van der Waals surface area contributed by atoms with Crippen LogP contribution in [0, 0.1) is 0 Å². The van der Waals surface area contributed by atoms with Gasteiger partial charge in [0.2, 0.25) is 5.95 Å². The summed E-state index contributed by atoms with van der Waals surface area (Å²) in [7, 11) is 2.62. The largest absolute Gasteiger partial charge is 0.494 e. The third kappa shape index (κ3) is 7.39. The van der Waals surface area contributed by atoms with Crippen molar-refractivity contribution in [1.29, 1.82) is 0 Å². The summed E-state index contributed by atoms with van der Waals surface area (Å²) in [4.78, 5) is 22.8. The summed E-state index contributed by atoms with van der Waals surface area (Å²) in [6.45, 7) is 4.19. The minimum Gasteiger partial charge on any atom is -0.494 e. The number of halogens is 1. The fraction of sp³-hybridized carbons (Fsp3) is 0.419. The van der Waals surface area contributed by atoms with Crippen molar-refractivity contribution in [1.82, 2.24) is 24.8 Å². The number of ether oxygens (including phenoxy) is 1. The number of fused-ring (bicyclic) bond motifs is 1. The summed E-state index contributed by atoms with van der Waals surface area (Å²) in [5.41, 5.74) is 5.45. The first kappa shape index (κ1) is 31.9. The van der Waals surface area contributed by atoms with Crippen LogP contribution >= 0.6 is 15.9 Å². The fourth-order valence-electron chi connectivity index (χ4n) is 5.65. The normalized spacial score (nSPS) is 14.3. The van der Waals surface area contributed by atoms with E-state index in [1.165, 1.54) is 17.5 Å². The van der Waals surface area contributed by atoms with E-state index in [2.05, 4.69) is 84.5 Å². The van der Waals surface area contributed by atoms with Crippen molar-refractivity contribution >= 4 is 65.6 Å². The molecule has 0 radical (unpaired) electrons. The first-order chi connectivity index (χ1) is 21.1. The highest BCUT2D eigenvalue weighted by Gasteiger charge is 2.24. The van der Waals surface area contributed by atoms with Gasteiger partial charge in [-0.25, -0.2) is 13.4 Å². The van der Waals surface area contributed by atoms with Crippen LogP contribution in [0.4, 0.5) is 28.8 Å². The molecule has 0 spiro atoms. The smallest absolute Gasteiger partial charge is 0.229 e. The van der Waals surface area contributed by atoms with Crippen LogP contribution in [0.3, 0.4) is 0 Å². The number of rotatable bonds is 11. The third-order valence-electron chi connectivity index (χ3n) is 7.85. The van der Waals surface area contributed by atoms with Gasteiger partial charge < -0.3 is 25.2 Å². The lowest BCUT2D eigenvalue weighted by Gasteiger charge is -2.37. The second-order valence-electron chi connectivity index (χ2n) is 11.3. The molecule has 2 aromatic carbocycles. The topological polar surface area (TPSA) is 125 Å². The maximum absolute atomic E-state index is 12.3. The molecule has 1 fully saturated rings. The van der Waals surface area contributed by atoms with Crippen LogP contribution in [-0.2, 0) is 22.0 Å². The quantitative estimate of drug-likeness (QED) is 0.202. The molecule has 11 nitrogen and oxygen atoms in total. The summed E-state index contributed by atoms with van der Waals surface area (Å²) in [6, 6.07) is 8.45. The van der Waals surface area contributed by atoms with Crippen LogP contribution in [0.1, 0.15) is 37.3 Å². The van der Waals surface area contributed by atoms with Gasteiger partial charge >= 0.3 is 0 Å². The number of benzene rings is 2. The van der Waals surface area contributed by atoms with Crippen molar-refractivity contribution in [2.24, 2.45) is 0 Å². The molecule has 0 amide bonds. The molecular weight excluding hydrogens is 644 g/mol. The third-order valence-corrected chi connectivity index (χ3v) is 9.24. The summed E-state index contributed by atoms with van der Waals surface area (Å²) in [6.07, 6.45) is 10.2. The van der Waals surface area contributed by atoms with Crippen LogP contribution < -0.4 is 20.3 Å². The van der Waals surface area contributed by atoms with Gasteiger partial charge in [-0.15, -0.1) is 0 Å². The van der Waals surface area contributed by atoms with E-state index in [0.717, 1.165) is 44.5 Å². The zero-order valence-electron chi connectivity index (χ0n) is 25.8. The van der Waals surface area contributed by atoms with Gasteiger partial charge in [0.15, 0.2) is 9.84 Å². The van der Waals surface area contributed by atoms with E-state index in [4.69, 9.17) is 9.72 Å². The van der Waals surface area contributed by atoms with Crippen molar-refractivity contribution < 1.29 is 13.2 Å². The van der Waals surface area contributed by atoms with Gasteiger partial charge in [-0.3, -0.25) is 9.97 Å². The van der Waals surface area contributed by atoms with Crippen molar-refractivity contribution in [3.05, 3.63) is 58.5 Å². The van der Waals surface area contributed by atoms with E-state index in [1.807, 2.05) is 0 Å². The van der Waals surface area contributed by atoms with Gasteiger partial charge in [0.25, 0.3) is 0 Å². The predicted octanol–water partition coefficient (Wildman–Crippen LogP) is 5.71. The van der Waals surface area contributed by atoms with Gasteiger partial charge in [0, 0.05) is 67.0 Å². The minimum absolute atomic E-state index is 0.199. The van der Waals surface area contributed by atoms with Crippen LogP contribution in [0.25, 0.3) is 11.0 Å². The molecule has 0 bridgehead atoms. The lowest BCUT2D eigenvalue weighted by atomic mass is 10.00. The molecule has 2 N–H and O–H groups in total. The molecule has 5 rings (SSSR count). The fourth-order valence-corrected chi connectivity index (χ4v) is 6.76. The molecule has 0 atom stereocenters. The molecule has 2 aromatic heterocycles. The van der Waals surface area contributed by atoms with E-state index < -0.39 is 9.84 Å². The summed E-state index contributed by atoms with van der Waals surface area (Å²) >= 11 is 3.54. The molecule has 1 aliphatic heterocycles. The number of hydrogen-bond acceptors (Lipinski definition) is 11. The van der Waals surface area contributed by atoms with Crippen molar-refractivity contribution in [3.63, 3.8) is 0 Å². The van der Waals surface area contributed by atoms with E-state index in [0.29, 0.717) is 50.3 Å². The maximum Gasteiger partial charge on any atom is 0.229 e. The number of nitrogens with one attached hydrogen (secondary N) is 2. The number of methoxy groups -OCH3 is 1. The number of aromatic nitrogens is 4. The average molecular weight is 684 g/mol. The standard InChI is InChI=1S/C31H39BrN8O3S/c1-6-7-20-16-26(28(43-4)17-27(20)40-14-10-21(11-15-40)39(2)3)37-31-35-18-23(32)30(38-31)36-24-8-9-25-29(34-13-12-33-25)22(24)19-44(5,41)42/h8-9,12-13,16-18,21H,6-7,10-11,14-15,19H2,1-5H3,(H2,35,36,37,38). The van der Waals surface area contributed by atoms with Crippen molar-refractivity contribution in [3.8, 4) is 5.75 Å². The van der Waals surface area contributed by atoms with Crippen LogP contribution in [0.15, 0.2) is 47.3 Å². The number of piperidine rings is 1. The summed E-state index contributed by atoms with van der Waals surface area (Å²) in [5.74, 6) is 1.34. The molecule has 234 valence electrons. The maximum atomic E-state index is 12.3. The zero-order valence-corrected chi connectivity index (χ0v) is 28.2. The molecule has 0 aliphatic carbocycles. The van der Waals surface area contributed by atoms with Crippen molar-refractivity contribution in [2.75, 3.05) is 56.1 Å². The lowest BCUT2D eigenvalue weighted by Crippen LogP contribution is -2.42. The molecular formula is C31H39BrN8O3S. The number of aryl methyl sites for hydroxylation is 1. The molecule has 1 saturated heterocycles. The summed E-state index contributed by atoms with van der Waals surface area (Å²) in [5, 5.41) is 6.65.